The molecular weight excluding hydrogens is 929 g/mol. The standard InChI is InChI=1S/C21H17Cl2N5O2.C13H10Cl3N5.C8H9BO4/c1-28-18-17(11-25-28)26-19(12-3-5-13(6-4-12)21(29)30-2)27-20(18)24-10-14-7-8-15(22)9-16(14)23;1-21-11-10(6-18-21)19-13(16)20-12(11)17-5-7-2-3-8(14)4-9(7)15;1-13-8(10)6-2-4-7(5-3-6)9(11)12/h3-9,11H,10H2,1-2H3,(H,24,26,27);2-4,6H,5H2,1H3,(H,17,19,20);2-5,11-12H,1H3. The van der Waals surface area contributed by atoms with Crippen molar-refractivity contribution in [2.24, 2.45) is 14.1 Å². The van der Waals surface area contributed by atoms with Crippen LogP contribution in [0.4, 0.5) is 11.6 Å². The Morgan fingerprint density at radius 2 is 1.08 bits per heavy atom. The number of rotatable bonds is 10. The molecule has 0 atom stereocenters. The maximum absolute atomic E-state index is 11.7. The third kappa shape index (κ3) is 11.7. The zero-order chi connectivity index (χ0) is 46.1. The zero-order valence-corrected chi connectivity index (χ0v) is 38.0. The molecule has 64 heavy (non-hydrogen) atoms. The summed E-state index contributed by atoms with van der Waals surface area (Å²) in [6.07, 6.45) is 3.33. The SMILES string of the molecule is COC(=O)c1ccc(-c2nc(NCc3ccc(Cl)cc3Cl)c3c(cnn3C)n2)cc1.COC(=O)c1ccc(B(O)O)cc1.Cn1ncc2nc(Cl)nc(NCc3ccc(Cl)cc3Cl)c21. The van der Waals surface area contributed by atoms with Crippen molar-refractivity contribution < 1.29 is 29.1 Å². The Morgan fingerprint density at radius 3 is 1.53 bits per heavy atom. The number of carbonyl (C=O) groups excluding carboxylic acids is 2. The fraction of sp³-hybridized carbons (Fsp3) is 0.143. The lowest BCUT2D eigenvalue weighted by Crippen LogP contribution is -2.29. The Hall–Kier alpha value is -6.05. The van der Waals surface area contributed by atoms with Crippen molar-refractivity contribution in [1.29, 1.82) is 0 Å². The van der Waals surface area contributed by atoms with E-state index < -0.39 is 19.1 Å². The van der Waals surface area contributed by atoms with E-state index in [1.807, 2.05) is 26.2 Å². The summed E-state index contributed by atoms with van der Waals surface area (Å²) in [6, 6.07) is 23.5. The average molecular weight is 965 g/mol. The maximum Gasteiger partial charge on any atom is 0.488 e. The van der Waals surface area contributed by atoms with Crippen LogP contribution in [0.5, 0.6) is 0 Å². The first-order valence-electron chi connectivity index (χ1n) is 18.8. The smallest absolute Gasteiger partial charge is 0.465 e. The highest BCUT2D eigenvalue weighted by molar-refractivity contribution is 6.58. The summed E-state index contributed by atoms with van der Waals surface area (Å²) in [5.74, 6) is 0.900. The summed E-state index contributed by atoms with van der Waals surface area (Å²) < 4.78 is 12.6. The monoisotopic (exact) mass is 962 g/mol. The van der Waals surface area contributed by atoms with Gasteiger partial charge in [-0.1, -0.05) is 82.8 Å². The van der Waals surface area contributed by atoms with Gasteiger partial charge < -0.3 is 30.2 Å². The van der Waals surface area contributed by atoms with Crippen molar-refractivity contribution >= 4 is 116 Å². The van der Waals surface area contributed by atoms with Gasteiger partial charge in [0.2, 0.25) is 5.28 Å². The Bertz CT molecular complexity index is 2940. The number of anilines is 2. The molecule has 0 saturated heterocycles. The second kappa shape index (κ2) is 21.6. The van der Waals surface area contributed by atoms with E-state index in [1.54, 1.807) is 70.3 Å². The van der Waals surface area contributed by atoms with Gasteiger partial charge in [0.25, 0.3) is 0 Å². The Labute approximate surface area is 391 Å². The number of nitrogens with one attached hydrogen (secondary N) is 2. The minimum atomic E-state index is -1.51. The van der Waals surface area contributed by atoms with Crippen molar-refractivity contribution in [3.05, 3.63) is 145 Å². The largest absolute Gasteiger partial charge is 0.488 e. The van der Waals surface area contributed by atoms with Gasteiger partial charge in [-0.3, -0.25) is 9.36 Å². The number of aryl methyl sites for hydroxylation is 2. The number of halogens is 5. The van der Waals surface area contributed by atoms with E-state index in [2.05, 4.69) is 40.5 Å². The molecule has 16 nitrogen and oxygen atoms in total. The molecule has 328 valence electrons. The van der Waals surface area contributed by atoms with E-state index in [0.29, 0.717) is 78.3 Å². The van der Waals surface area contributed by atoms with E-state index in [0.717, 1.165) is 27.7 Å². The summed E-state index contributed by atoms with van der Waals surface area (Å²) >= 11 is 30.2. The van der Waals surface area contributed by atoms with Gasteiger partial charge in [0.05, 0.1) is 37.7 Å². The van der Waals surface area contributed by atoms with Crippen LogP contribution in [0, 0.1) is 0 Å². The molecule has 0 unspecified atom stereocenters. The molecule has 4 aromatic carbocycles. The number of esters is 2. The minimum absolute atomic E-state index is 0.167. The van der Waals surface area contributed by atoms with Gasteiger partial charge in [-0.05, 0) is 76.7 Å². The second-order valence-electron chi connectivity index (χ2n) is 13.5. The van der Waals surface area contributed by atoms with E-state index >= 15 is 0 Å². The topological polar surface area (TPSA) is 204 Å². The molecular formula is C42H36BCl5N10O6. The normalized spacial score (nSPS) is 10.7. The number of hydrogen-bond donors (Lipinski definition) is 4. The number of carbonyl (C=O) groups is 2. The van der Waals surface area contributed by atoms with Crippen LogP contribution >= 0.6 is 58.0 Å². The second-order valence-corrected chi connectivity index (χ2v) is 15.5. The van der Waals surface area contributed by atoms with Crippen LogP contribution in [-0.2, 0) is 36.7 Å². The molecule has 0 aliphatic heterocycles. The van der Waals surface area contributed by atoms with Crippen LogP contribution in [0.15, 0.2) is 97.3 Å². The molecule has 0 aliphatic carbocycles. The molecule has 0 fully saturated rings. The lowest BCUT2D eigenvalue weighted by molar-refractivity contribution is 0.0592. The fourth-order valence-corrected chi connectivity index (χ4v) is 7.10. The first-order valence-corrected chi connectivity index (χ1v) is 20.7. The van der Waals surface area contributed by atoms with Crippen LogP contribution in [0.25, 0.3) is 33.5 Å². The van der Waals surface area contributed by atoms with Gasteiger partial charge in [0, 0.05) is 52.8 Å². The molecule has 4 heterocycles. The summed E-state index contributed by atoms with van der Waals surface area (Å²) in [5.41, 5.74) is 6.68. The van der Waals surface area contributed by atoms with E-state index in [-0.39, 0.29) is 5.28 Å². The molecule has 0 bridgehead atoms. The summed E-state index contributed by atoms with van der Waals surface area (Å²) in [7, 11) is 4.78. The van der Waals surface area contributed by atoms with Crippen LogP contribution in [0.2, 0.25) is 25.4 Å². The lowest BCUT2D eigenvalue weighted by Gasteiger charge is -2.11. The van der Waals surface area contributed by atoms with Crippen molar-refractivity contribution in [3.8, 4) is 11.4 Å². The molecule has 0 amide bonds. The fourth-order valence-electron chi connectivity index (χ4n) is 5.98. The Kier molecular flexibility index (Phi) is 16.0. The summed E-state index contributed by atoms with van der Waals surface area (Å²) in [5, 5.41) is 35.0. The maximum atomic E-state index is 11.7. The number of fused-ring (bicyclic) bond motifs is 2. The lowest BCUT2D eigenvalue weighted by atomic mass is 9.80. The minimum Gasteiger partial charge on any atom is -0.465 e. The molecule has 4 aromatic heterocycles. The number of methoxy groups -OCH3 is 2. The van der Waals surface area contributed by atoms with Crippen molar-refractivity contribution in [2.75, 3.05) is 24.9 Å². The van der Waals surface area contributed by atoms with Crippen LogP contribution in [0.1, 0.15) is 31.8 Å². The molecule has 0 spiro atoms. The Morgan fingerprint density at radius 1 is 0.625 bits per heavy atom. The molecule has 4 N–H and O–H groups in total. The highest BCUT2D eigenvalue weighted by Gasteiger charge is 2.16. The summed E-state index contributed by atoms with van der Waals surface area (Å²) in [6.45, 7) is 0.942. The van der Waals surface area contributed by atoms with Gasteiger partial charge >= 0.3 is 19.1 Å². The number of hydrogen-bond acceptors (Lipinski definition) is 14. The van der Waals surface area contributed by atoms with Crippen LogP contribution in [0.3, 0.4) is 0 Å². The molecule has 22 heteroatoms. The highest BCUT2D eigenvalue weighted by Crippen LogP contribution is 2.28. The van der Waals surface area contributed by atoms with Crippen LogP contribution in [-0.4, -0.2) is 82.8 Å². The summed E-state index contributed by atoms with van der Waals surface area (Å²) in [4.78, 5) is 40.3. The molecule has 0 saturated carbocycles. The van der Waals surface area contributed by atoms with E-state index in [4.69, 9.17) is 77.8 Å². The highest BCUT2D eigenvalue weighted by atomic mass is 35.5. The first-order chi connectivity index (χ1) is 30.6. The molecule has 0 radical (unpaired) electrons. The van der Waals surface area contributed by atoms with Gasteiger partial charge in [-0.2, -0.15) is 15.2 Å². The number of benzene rings is 4. The van der Waals surface area contributed by atoms with Crippen molar-refractivity contribution in [2.45, 2.75) is 13.1 Å². The van der Waals surface area contributed by atoms with Gasteiger partial charge in [-0.25, -0.2) is 24.5 Å². The van der Waals surface area contributed by atoms with Crippen LogP contribution < -0.4 is 16.1 Å². The third-order valence-corrected chi connectivity index (χ3v) is 10.6. The number of aromatic nitrogens is 8. The van der Waals surface area contributed by atoms with Gasteiger partial charge in [0.15, 0.2) is 17.5 Å². The molecule has 0 aliphatic rings. The van der Waals surface area contributed by atoms with Gasteiger partial charge in [0.1, 0.15) is 22.1 Å². The predicted molar refractivity (Wildman–Crippen MR) is 250 cm³/mol. The average Bonchev–Trinajstić information content (AvgIpc) is 3.86. The number of ether oxygens (including phenoxy) is 2. The van der Waals surface area contributed by atoms with E-state index in [1.165, 1.54) is 38.5 Å². The predicted octanol–water partition coefficient (Wildman–Crippen LogP) is 7.82. The molecule has 8 aromatic rings. The third-order valence-electron chi connectivity index (χ3n) is 9.27. The zero-order valence-electron chi connectivity index (χ0n) is 34.2. The van der Waals surface area contributed by atoms with Gasteiger partial charge in [-0.15, -0.1) is 0 Å². The molecule has 8 rings (SSSR count). The number of nitrogens with zero attached hydrogens (tertiary/aromatic N) is 8. The van der Waals surface area contributed by atoms with Crippen molar-refractivity contribution in [1.82, 2.24) is 39.5 Å². The quantitative estimate of drug-likeness (QED) is 0.0586. The van der Waals surface area contributed by atoms with E-state index in [9.17, 15) is 9.59 Å². The first kappa shape index (κ1) is 47.4. The van der Waals surface area contributed by atoms with Crippen molar-refractivity contribution in [3.63, 3.8) is 0 Å². The Balaban J connectivity index is 0.000000174.